The van der Waals surface area contributed by atoms with E-state index < -0.39 is 29.5 Å². The van der Waals surface area contributed by atoms with Gasteiger partial charge in [-0.2, -0.15) is 0 Å². The standard InChI is InChI=1S/C18H17F2NO4/c1-8-15(10(3)22)9(2)21-16(8)17(23)11(4)25-18(24)12-5-13(19)7-14(20)6-12/h5-7,11,21H,1-4H3. The second kappa shape index (κ2) is 6.96. The van der Waals surface area contributed by atoms with E-state index in [1.165, 1.54) is 13.8 Å². The van der Waals surface area contributed by atoms with Crippen molar-refractivity contribution in [1.82, 2.24) is 4.98 Å². The molecule has 5 nitrogen and oxygen atoms in total. The van der Waals surface area contributed by atoms with Crippen LogP contribution in [0, 0.1) is 25.5 Å². The third-order valence-corrected chi connectivity index (χ3v) is 3.79. The Labute approximate surface area is 143 Å². The third kappa shape index (κ3) is 3.81. The molecule has 0 aliphatic carbocycles. The SMILES string of the molecule is CC(=O)c1c(C)[nH]c(C(=O)C(C)OC(=O)c2cc(F)cc(F)c2)c1C. The van der Waals surface area contributed by atoms with Gasteiger partial charge in [0.25, 0.3) is 0 Å². The minimum atomic E-state index is -1.20. The summed E-state index contributed by atoms with van der Waals surface area (Å²) in [6, 6.07) is 2.26. The van der Waals surface area contributed by atoms with Gasteiger partial charge in [-0.25, -0.2) is 13.6 Å². The number of aromatic amines is 1. The van der Waals surface area contributed by atoms with Crippen LogP contribution >= 0.6 is 0 Å². The first kappa shape index (κ1) is 18.5. The number of nitrogens with one attached hydrogen (secondary N) is 1. The summed E-state index contributed by atoms with van der Waals surface area (Å²) in [6.45, 7) is 6.01. The molecular formula is C18H17F2NO4. The molecule has 132 valence electrons. The summed E-state index contributed by atoms with van der Waals surface area (Å²) in [5.74, 6) is -3.60. The van der Waals surface area contributed by atoms with Crippen molar-refractivity contribution in [2.75, 3.05) is 0 Å². The van der Waals surface area contributed by atoms with E-state index in [1.807, 2.05) is 0 Å². The lowest BCUT2D eigenvalue weighted by molar-refractivity contribution is 0.0316. The first-order valence-corrected chi connectivity index (χ1v) is 7.53. The molecule has 0 fully saturated rings. The summed E-state index contributed by atoms with van der Waals surface area (Å²) in [6.07, 6.45) is -1.20. The van der Waals surface area contributed by atoms with Crippen molar-refractivity contribution < 1.29 is 27.9 Å². The van der Waals surface area contributed by atoms with E-state index in [4.69, 9.17) is 4.74 Å². The Hall–Kier alpha value is -2.83. The number of aryl methyl sites for hydroxylation is 1. The minimum absolute atomic E-state index is 0.161. The summed E-state index contributed by atoms with van der Waals surface area (Å²) in [5.41, 5.74) is 1.25. The fraction of sp³-hybridized carbons (Fsp3) is 0.278. The molecule has 2 aromatic rings. The van der Waals surface area contributed by atoms with Gasteiger partial charge in [0.1, 0.15) is 11.6 Å². The maximum absolute atomic E-state index is 13.2. The largest absolute Gasteiger partial charge is 0.451 e. The summed E-state index contributed by atoms with van der Waals surface area (Å²) in [7, 11) is 0. The van der Waals surface area contributed by atoms with Crippen LogP contribution in [-0.2, 0) is 4.74 Å². The highest BCUT2D eigenvalue weighted by Crippen LogP contribution is 2.21. The second-order valence-electron chi connectivity index (χ2n) is 5.75. The first-order chi connectivity index (χ1) is 11.6. The summed E-state index contributed by atoms with van der Waals surface area (Å²) in [5, 5.41) is 0. The van der Waals surface area contributed by atoms with Gasteiger partial charge in [0.15, 0.2) is 11.9 Å². The molecule has 0 saturated carbocycles. The van der Waals surface area contributed by atoms with Crippen molar-refractivity contribution in [2.45, 2.75) is 33.8 Å². The Bertz CT molecular complexity index is 850. The predicted molar refractivity (Wildman–Crippen MR) is 85.8 cm³/mol. The topological polar surface area (TPSA) is 76.2 Å². The van der Waals surface area contributed by atoms with Gasteiger partial charge in [-0.3, -0.25) is 9.59 Å². The van der Waals surface area contributed by atoms with Crippen LogP contribution in [-0.4, -0.2) is 28.6 Å². The van der Waals surface area contributed by atoms with Gasteiger partial charge < -0.3 is 9.72 Å². The normalized spacial score (nSPS) is 11.9. The van der Waals surface area contributed by atoms with Crippen LogP contribution in [0.3, 0.4) is 0 Å². The molecule has 0 aliphatic rings. The van der Waals surface area contributed by atoms with E-state index in [2.05, 4.69) is 4.98 Å². The monoisotopic (exact) mass is 349 g/mol. The fourth-order valence-corrected chi connectivity index (χ4v) is 2.68. The molecular weight excluding hydrogens is 332 g/mol. The number of H-pyrrole nitrogens is 1. The van der Waals surface area contributed by atoms with Crippen LogP contribution in [0.15, 0.2) is 18.2 Å². The molecule has 1 aromatic heterocycles. The third-order valence-electron chi connectivity index (χ3n) is 3.79. The molecule has 2 rings (SSSR count). The summed E-state index contributed by atoms with van der Waals surface area (Å²) >= 11 is 0. The predicted octanol–water partition coefficient (Wildman–Crippen LogP) is 3.54. The van der Waals surface area contributed by atoms with E-state index in [1.54, 1.807) is 13.8 Å². The molecule has 0 amide bonds. The average Bonchev–Trinajstić information content (AvgIpc) is 2.80. The van der Waals surface area contributed by atoms with Crippen molar-refractivity contribution in [3.05, 3.63) is 57.9 Å². The van der Waals surface area contributed by atoms with Gasteiger partial charge in [-0.1, -0.05) is 0 Å². The lowest BCUT2D eigenvalue weighted by atomic mass is 10.0. The zero-order chi connectivity index (χ0) is 18.9. The molecule has 25 heavy (non-hydrogen) atoms. The number of carbonyl (C=O) groups excluding carboxylic acids is 3. The molecule has 0 radical (unpaired) electrons. The number of carbonyl (C=O) groups is 3. The van der Waals surface area contributed by atoms with Gasteiger partial charge in [-0.15, -0.1) is 0 Å². The molecule has 1 atom stereocenters. The average molecular weight is 349 g/mol. The van der Waals surface area contributed by atoms with E-state index in [-0.39, 0.29) is 17.0 Å². The highest BCUT2D eigenvalue weighted by Gasteiger charge is 2.26. The van der Waals surface area contributed by atoms with Crippen molar-refractivity contribution in [2.24, 2.45) is 0 Å². The summed E-state index contributed by atoms with van der Waals surface area (Å²) in [4.78, 5) is 38.9. The van der Waals surface area contributed by atoms with Crippen LogP contribution in [0.25, 0.3) is 0 Å². The zero-order valence-corrected chi connectivity index (χ0v) is 14.2. The molecule has 0 bridgehead atoms. The lowest BCUT2D eigenvalue weighted by Gasteiger charge is -2.12. The van der Waals surface area contributed by atoms with Gasteiger partial charge in [0.2, 0.25) is 5.78 Å². The molecule has 0 saturated heterocycles. The molecule has 1 unspecified atom stereocenters. The van der Waals surface area contributed by atoms with Crippen molar-refractivity contribution in [3.63, 3.8) is 0 Å². The van der Waals surface area contributed by atoms with Crippen LogP contribution in [0.5, 0.6) is 0 Å². The smallest absolute Gasteiger partial charge is 0.339 e. The van der Waals surface area contributed by atoms with Crippen molar-refractivity contribution in [1.29, 1.82) is 0 Å². The van der Waals surface area contributed by atoms with Gasteiger partial charge in [-0.05, 0) is 45.4 Å². The van der Waals surface area contributed by atoms with Crippen molar-refractivity contribution >= 4 is 17.5 Å². The number of Topliss-reactive ketones (excluding diaryl/α,β-unsaturated/α-hetero) is 2. The Morgan fingerprint density at radius 2 is 1.64 bits per heavy atom. The number of hydrogen-bond acceptors (Lipinski definition) is 4. The van der Waals surface area contributed by atoms with E-state index in [9.17, 15) is 23.2 Å². The van der Waals surface area contributed by atoms with E-state index >= 15 is 0 Å². The molecule has 1 N–H and O–H groups in total. The Kier molecular flexibility index (Phi) is 5.15. The van der Waals surface area contributed by atoms with Crippen LogP contribution < -0.4 is 0 Å². The highest BCUT2D eigenvalue weighted by molar-refractivity contribution is 6.05. The van der Waals surface area contributed by atoms with Gasteiger partial charge >= 0.3 is 5.97 Å². The number of ketones is 2. The maximum Gasteiger partial charge on any atom is 0.339 e. The molecule has 7 heteroatoms. The number of esters is 1. The lowest BCUT2D eigenvalue weighted by Crippen LogP contribution is -2.25. The fourth-order valence-electron chi connectivity index (χ4n) is 2.68. The molecule has 0 spiro atoms. The maximum atomic E-state index is 13.2. The van der Waals surface area contributed by atoms with Crippen LogP contribution in [0.4, 0.5) is 8.78 Å². The number of aromatic nitrogens is 1. The molecule has 1 heterocycles. The first-order valence-electron chi connectivity index (χ1n) is 7.53. The highest BCUT2D eigenvalue weighted by atomic mass is 19.1. The Morgan fingerprint density at radius 3 is 2.12 bits per heavy atom. The quantitative estimate of drug-likeness (QED) is 0.662. The van der Waals surface area contributed by atoms with Gasteiger partial charge in [0.05, 0.1) is 11.3 Å². The molecule has 0 aliphatic heterocycles. The van der Waals surface area contributed by atoms with Gasteiger partial charge in [0, 0.05) is 17.3 Å². The van der Waals surface area contributed by atoms with E-state index in [0.29, 0.717) is 22.9 Å². The van der Waals surface area contributed by atoms with Crippen LogP contribution in [0.2, 0.25) is 0 Å². The minimum Gasteiger partial charge on any atom is -0.451 e. The molecule has 1 aromatic carbocycles. The van der Waals surface area contributed by atoms with Crippen LogP contribution in [0.1, 0.15) is 56.3 Å². The number of hydrogen-bond donors (Lipinski definition) is 1. The van der Waals surface area contributed by atoms with E-state index in [0.717, 1.165) is 12.1 Å². The number of ether oxygens (including phenoxy) is 1. The zero-order valence-electron chi connectivity index (χ0n) is 14.2. The number of benzene rings is 1. The second-order valence-corrected chi connectivity index (χ2v) is 5.75. The summed E-state index contributed by atoms with van der Waals surface area (Å²) < 4.78 is 31.3. The number of halogens is 2. The Morgan fingerprint density at radius 1 is 1.08 bits per heavy atom. The Balaban J connectivity index is 2.22. The van der Waals surface area contributed by atoms with Crippen molar-refractivity contribution in [3.8, 4) is 0 Å². The number of rotatable bonds is 5.